The van der Waals surface area contributed by atoms with Crippen LogP contribution in [-0.4, -0.2) is 30.6 Å². The lowest BCUT2D eigenvalue weighted by Crippen LogP contribution is -2.44. The fraction of sp³-hybridized carbons (Fsp3) is 0.235. The summed E-state index contributed by atoms with van der Waals surface area (Å²) in [7, 11) is 0. The van der Waals surface area contributed by atoms with Crippen LogP contribution in [0.2, 0.25) is 0 Å². The first kappa shape index (κ1) is 16.2. The standard InChI is InChI=1S/C17H16FIN2O2/c18-13-3-1-12(2-4-13)16-11-21(9-10-23-16)17(22)20-15-7-5-14(19)6-8-15/h1-8,16H,9-11H2,(H,20,22). The number of nitrogens with zero attached hydrogens (tertiary/aromatic N) is 1. The minimum Gasteiger partial charge on any atom is -0.370 e. The van der Waals surface area contributed by atoms with E-state index in [4.69, 9.17) is 4.74 Å². The quantitative estimate of drug-likeness (QED) is 0.737. The zero-order valence-electron chi connectivity index (χ0n) is 12.3. The van der Waals surface area contributed by atoms with E-state index in [0.717, 1.165) is 14.8 Å². The predicted molar refractivity (Wildman–Crippen MR) is 94.8 cm³/mol. The number of rotatable bonds is 2. The van der Waals surface area contributed by atoms with Gasteiger partial charge in [0.25, 0.3) is 0 Å². The summed E-state index contributed by atoms with van der Waals surface area (Å²) in [5.41, 5.74) is 1.64. The van der Waals surface area contributed by atoms with Gasteiger partial charge in [0.05, 0.1) is 13.2 Å². The fourth-order valence-corrected chi connectivity index (χ4v) is 2.81. The van der Waals surface area contributed by atoms with E-state index in [2.05, 4.69) is 27.9 Å². The van der Waals surface area contributed by atoms with Gasteiger partial charge in [-0.3, -0.25) is 0 Å². The Labute approximate surface area is 147 Å². The number of amides is 2. The summed E-state index contributed by atoms with van der Waals surface area (Å²) in [6, 6.07) is 13.7. The molecule has 2 aromatic carbocycles. The molecule has 1 fully saturated rings. The molecule has 1 aliphatic rings. The van der Waals surface area contributed by atoms with Crippen molar-refractivity contribution in [2.45, 2.75) is 6.10 Å². The highest BCUT2D eigenvalue weighted by molar-refractivity contribution is 14.1. The maximum Gasteiger partial charge on any atom is 0.322 e. The molecular weight excluding hydrogens is 410 g/mol. The molecule has 1 heterocycles. The molecule has 1 unspecified atom stereocenters. The smallest absolute Gasteiger partial charge is 0.322 e. The summed E-state index contributed by atoms with van der Waals surface area (Å²) in [5, 5.41) is 2.89. The van der Waals surface area contributed by atoms with Gasteiger partial charge in [-0.1, -0.05) is 12.1 Å². The van der Waals surface area contributed by atoms with Crippen LogP contribution in [0.1, 0.15) is 11.7 Å². The van der Waals surface area contributed by atoms with Gasteiger partial charge in [0.2, 0.25) is 0 Å². The van der Waals surface area contributed by atoms with Gasteiger partial charge in [0.1, 0.15) is 11.9 Å². The van der Waals surface area contributed by atoms with Gasteiger partial charge in [0, 0.05) is 15.8 Å². The zero-order chi connectivity index (χ0) is 16.2. The van der Waals surface area contributed by atoms with Crippen molar-refractivity contribution < 1.29 is 13.9 Å². The van der Waals surface area contributed by atoms with Crippen LogP contribution in [0, 0.1) is 9.39 Å². The maximum atomic E-state index is 13.0. The second-order valence-corrected chi connectivity index (χ2v) is 6.54. The second kappa shape index (κ2) is 7.27. The Morgan fingerprint density at radius 2 is 1.87 bits per heavy atom. The number of carbonyl (C=O) groups excluding carboxylic acids is 1. The minimum absolute atomic E-state index is 0.151. The van der Waals surface area contributed by atoms with Crippen LogP contribution >= 0.6 is 22.6 Å². The van der Waals surface area contributed by atoms with Gasteiger partial charge in [-0.05, 0) is 64.6 Å². The summed E-state index contributed by atoms with van der Waals surface area (Å²) >= 11 is 2.22. The summed E-state index contributed by atoms with van der Waals surface area (Å²) in [6.07, 6.45) is -0.230. The molecule has 120 valence electrons. The monoisotopic (exact) mass is 426 g/mol. The van der Waals surface area contributed by atoms with E-state index in [-0.39, 0.29) is 18.0 Å². The minimum atomic E-state index is -0.280. The Bertz CT molecular complexity index is 676. The number of hydrogen-bond acceptors (Lipinski definition) is 2. The van der Waals surface area contributed by atoms with Gasteiger partial charge in [0.15, 0.2) is 0 Å². The second-order valence-electron chi connectivity index (χ2n) is 5.29. The first-order chi connectivity index (χ1) is 11.1. The largest absolute Gasteiger partial charge is 0.370 e. The van der Waals surface area contributed by atoms with E-state index < -0.39 is 0 Å². The van der Waals surface area contributed by atoms with E-state index in [0.29, 0.717) is 19.7 Å². The lowest BCUT2D eigenvalue weighted by molar-refractivity contribution is -0.0135. The highest BCUT2D eigenvalue weighted by Gasteiger charge is 2.25. The average Bonchev–Trinajstić information content (AvgIpc) is 2.58. The number of ether oxygens (including phenoxy) is 1. The lowest BCUT2D eigenvalue weighted by Gasteiger charge is -2.33. The fourth-order valence-electron chi connectivity index (χ4n) is 2.45. The normalized spacial score (nSPS) is 17.8. The van der Waals surface area contributed by atoms with E-state index in [9.17, 15) is 9.18 Å². The third kappa shape index (κ3) is 4.20. The number of carbonyl (C=O) groups is 1. The van der Waals surface area contributed by atoms with Crippen LogP contribution in [0.25, 0.3) is 0 Å². The van der Waals surface area contributed by atoms with Gasteiger partial charge in [-0.25, -0.2) is 9.18 Å². The van der Waals surface area contributed by atoms with Crippen molar-refractivity contribution in [2.75, 3.05) is 25.0 Å². The topological polar surface area (TPSA) is 41.6 Å². The molecule has 6 heteroatoms. The maximum absolute atomic E-state index is 13.0. The Kier molecular flexibility index (Phi) is 5.12. The van der Waals surface area contributed by atoms with Crippen LogP contribution in [0.4, 0.5) is 14.9 Å². The first-order valence-electron chi connectivity index (χ1n) is 7.30. The molecule has 2 amide bonds. The highest BCUT2D eigenvalue weighted by Crippen LogP contribution is 2.23. The zero-order valence-corrected chi connectivity index (χ0v) is 14.5. The molecule has 0 aromatic heterocycles. The van der Waals surface area contributed by atoms with E-state index in [1.165, 1.54) is 12.1 Å². The van der Waals surface area contributed by atoms with Crippen molar-refractivity contribution >= 4 is 34.3 Å². The van der Waals surface area contributed by atoms with Crippen molar-refractivity contribution in [1.82, 2.24) is 4.90 Å². The van der Waals surface area contributed by atoms with E-state index in [1.807, 2.05) is 24.3 Å². The first-order valence-corrected chi connectivity index (χ1v) is 8.38. The third-order valence-electron chi connectivity index (χ3n) is 3.69. The Hall–Kier alpha value is -1.67. The highest BCUT2D eigenvalue weighted by atomic mass is 127. The van der Waals surface area contributed by atoms with Crippen molar-refractivity contribution in [2.24, 2.45) is 0 Å². The molecule has 1 aliphatic heterocycles. The molecule has 1 atom stereocenters. The number of nitrogens with one attached hydrogen (secondary N) is 1. The molecule has 0 aliphatic carbocycles. The number of urea groups is 1. The number of benzene rings is 2. The third-order valence-corrected chi connectivity index (χ3v) is 4.41. The van der Waals surface area contributed by atoms with Gasteiger partial charge >= 0.3 is 6.03 Å². The van der Waals surface area contributed by atoms with Crippen molar-refractivity contribution in [1.29, 1.82) is 0 Å². The Morgan fingerprint density at radius 3 is 2.57 bits per heavy atom. The van der Waals surface area contributed by atoms with E-state index >= 15 is 0 Å². The number of hydrogen-bond donors (Lipinski definition) is 1. The van der Waals surface area contributed by atoms with Crippen LogP contribution in [0.3, 0.4) is 0 Å². The molecule has 4 nitrogen and oxygen atoms in total. The molecule has 0 radical (unpaired) electrons. The number of anilines is 1. The van der Waals surface area contributed by atoms with Gasteiger partial charge in [-0.2, -0.15) is 0 Å². The van der Waals surface area contributed by atoms with Crippen LogP contribution < -0.4 is 5.32 Å². The Morgan fingerprint density at radius 1 is 1.17 bits per heavy atom. The summed E-state index contributed by atoms with van der Waals surface area (Å²) in [4.78, 5) is 14.1. The molecule has 23 heavy (non-hydrogen) atoms. The molecule has 0 bridgehead atoms. The number of halogens is 2. The molecule has 1 N–H and O–H groups in total. The molecular formula is C17H16FIN2O2. The number of morpholine rings is 1. The van der Waals surface area contributed by atoms with Crippen LogP contribution in [0.15, 0.2) is 48.5 Å². The summed E-state index contributed by atoms with van der Waals surface area (Å²) in [6.45, 7) is 1.44. The van der Waals surface area contributed by atoms with Crippen LogP contribution in [0.5, 0.6) is 0 Å². The lowest BCUT2D eigenvalue weighted by atomic mass is 10.1. The summed E-state index contributed by atoms with van der Waals surface area (Å²) in [5.74, 6) is -0.280. The molecule has 1 saturated heterocycles. The van der Waals surface area contributed by atoms with Crippen molar-refractivity contribution in [3.63, 3.8) is 0 Å². The molecule has 3 rings (SSSR count). The van der Waals surface area contributed by atoms with Crippen molar-refractivity contribution in [3.8, 4) is 0 Å². The van der Waals surface area contributed by atoms with Crippen molar-refractivity contribution in [3.05, 3.63) is 63.5 Å². The van der Waals surface area contributed by atoms with Gasteiger partial charge in [-0.15, -0.1) is 0 Å². The van der Waals surface area contributed by atoms with Crippen LogP contribution in [-0.2, 0) is 4.74 Å². The molecule has 0 spiro atoms. The molecule has 0 saturated carbocycles. The SMILES string of the molecule is O=C(Nc1ccc(I)cc1)N1CCOC(c2ccc(F)cc2)C1. The molecule has 2 aromatic rings. The predicted octanol–water partition coefficient (Wildman–Crippen LogP) is 4.04. The average molecular weight is 426 g/mol. The Balaban J connectivity index is 1.64. The van der Waals surface area contributed by atoms with E-state index in [1.54, 1.807) is 17.0 Å². The summed E-state index contributed by atoms with van der Waals surface area (Å²) < 4.78 is 19.8. The van der Waals surface area contributed by atoms with Gasteiger partial charge < -0.3 is 15.0 Å².